The Bertz CT molecular complexity index is 1210. The van der Waals surface area contributed by atoms with Crippen LogP contribution in [0.5, 0.6) is 0 Å². The van der Waals surface area contributed by atoms with E-state index in [1.165, 1.54) is 13.8 Å². The number of imide groups is 1. The SMILES string of the molecule is CC(=O)[C@H](C)NC(=O)C(NC(=O)CC[C@H](NC(=O)C(C)(C)CCOC(C)(C)CCNC(=O)CCN1C(=O)C=CC1=O)C(=O)O)C(C)C. The van der Waals surface area contributed by atoms with Crippen LogP contribution in [0, 0.1) is 11.3 Å². The molecule has 47 heavy (non-hydrogen) atoms. The van der Waals surface area contributed by atoms with Gasteiger partial charge in [0.05, 0.1) is 11.6 Å². The molecule has 0 saturated heterocycles. The van der Waals surface area contributed by atoms with E-state index < -0.39 is 64.6 Å². The van der Waals surface area contributed by atoms with E-state index in [0.29, 0.717) is 6.42 Å². The first-order valence-corrected chi connectivity index (χ1v) is 15.7. The number of aliphatic carboxylic acids is 1. The zero-order valence-electron chi connectivity index (χ0n) is 28.7. The minimum Gasteiger partial charge on any atom is -0.480 e. The minimum absolute atomic E-state index is 0.0105. The Labute approximate surface area is 276 Å². The van der Waals surface area contributed by atoms with Gasteiger partial charge >= 0.3 is 5.97 Å². The summed E-state index contributed by atoms with van der Waals surface area (Å²) in [5.74, 6) is -4.72. The summed E-state index contributed by atoms with van der Waals surface area (Å²) in [6, 6.07) is -3.01. The van der Waals surface area contributed by atoms with Gasteiger partial charge in [-0.15, -0.1) is 0 Å². The van der Waals surface area contributed by atoms with Crippen LogP contribution < -0.4 is 21.3 Å². The van der Waals surface area contributed by atoms with E-state index >= 15 is 0 Å². The Morgan fingerprint density at radius 3 is 2.00 bits per heavy atom. The standard InChI is InChI=1S/C32H51N5O10/c1-19(2)27(28(43)34-20(3)21(4)38)36-24(40)10-9-22(29(44)45)35-30(46)31(5,6)15-18-47-32(7,8)14-16-33-23(39)13-17-37-25(41)11-12-26(37)42/h11-12,19-20,22,27H,9-10,13-18H2,1-8H3,(H,33,39)(H,34,43)(H,35,46)(H,36,40)(H,44,45)/t20-,22-,27?/m0/s1. The lowest BCUT2D eigenvalue weighted by atomic mass is 9.88. The molecule has 5 N–H and O–H groups in total. The highest BCUT2D eigenvalue weighted by Crippen LogP contribution is 2.24. The third-order valence-corrected chi connectivity index (χ3v) is 7.84. The summed E-state index contributed by atoms with van der Waals surface area (Å²) in [6.45, 7) is 13.7. The fourth-order valence-electron chi connectivity index (χ4n) is 4.30. The van der Waals surface area contributed by atoms with Crippen molar-refractivity contribution in [2.24, 2.45) is 11.3 Å². The molecule has 15 nitrogen and oxygen atoms in total. The van der Waals surface area contributed by atoms with Gasteiger partial charge in [-0.3, -0.25) is 38.5 Å². The summed E-state index contributed by atoms with van der Waals surface area (Å²) in [7, 11) is 0. The van der Waals surface area contributed by atoms with Gasteiger partial charge in [0.25, 0.3) is 11.8 Å². The molecule has 0 aliphatic carbocycles. The molecule has 1 aliphatic heterocycles. The van der Waals surface area contributed by atoms with Gasteiger partial charge in [0.2, 0.25) is 23.6 Å². The number of hydrogen-bond acceptors (Lipinski definition) is 9. The van der Waals surface area contributed by atoms with Crippen molar-refractivity contribution in [3.05, 3.63) is 12.2 Å². The summed E-state index contributed by atoms with van der Waals surface area (Å²) in [5.41, 5.74) is -1.69. The number of ether oxygens (including phenoxy) is 1. The Hall–Kier alpha value is -4.14. The van der Waals surface area contributed by atoms with Gasteiger partial charge in [0.15, 0.2) is 5.78 Å². The van der Waals surface area contributed by atoms with Crippen LogP contribution in [0.1, 0.15) is 87.5 Å². The molecule has 0 bridgehead atoms. The van der Waals surface area contributed by atoms with Gasteiger partial charge in [-0.05, 0) is 52.9 Å². The molecule has 0 radical (unpaired) electrons. The quantitative estimate of drug-likeness (QED) is 0.108. The number of carbonyl (C=O) groups excluding carboxylic acids is 7. The molecule has 1 heterocycles. The van der Waals surface area contributed by atoms with Crippen molar-refractivity contribution in [3.63, 3.8) is 0 Å². The maximum Gasteiger partial charge on any atom is 0.326 e. The van der Waals surface area contributed by atoms with Crippen LogP contribution in [0.15, 0.2) is 12.2 Å². The molecule has 264 valence electrons. The van der Waals surface area contributed by atoms with Crippen LogP contribution >= 0.6 is 0 Å². The van der Waals surface area contributed by atoms with E-state index in [9.17, 15) is 43.5 Å². The molecule has 3 atom stereocenters. The largest absolute Gasteiger partial charge is 0.480 e. The number of nitrogens with one attached hydrogen (secondary N) is 4. The summed E-state index contributed by atoms with van der Waals surface area (Å²) in [4.78, 5) is 97.9. The second-order valence-corrected chi connectivity index (χ2v) is 13.3. The van der Waals surface area contributed by atoms with Crippen molar-refractivity contribution < 1.29 is 48.2 Å². The van der Waals surface area contributed by atoms with Crippen molar-refractivity contribution in [3.8, 4) is 0 Å². The molecule has 0 aromatic carbocycles. The summed E-state index contributed by atoms with van der Waals surface area (Å²) >= 11 is 0. The molecule has 0 spiro atoms. The normalized spacial score (nSPS) is 15.2. The van der Waals surface area contributed by atoms with Crippen LogP contribution in [0.4, 0.5) is 0 Å². The van der Waals surface area contributed by atoms with Crippen molar-refractivity contribution in [2.45, 2.75) is 111 Å². The lowest BCUT2D eigenvalue weighted by Crippen LogP contribution is -2.53. The first kappa shape index (κ1) is 40.9. The number of Topliss-reactive ketones (excluding diaryl/α,β-unsaturated/α-hetero) is 1. The van der Waals surface area contributed by atoms with Crippen molar-refractivity contribution in [1.82, 2.24) is 26.2 Å². The molecule has 1 unspecified atom stereocenters. The van der Waals surface area contributed by atoms with Crippen molar-refractivity contribution in [2.75, 3.05) is 19.7 Å². The van der Waals surface area contributed by atoms with Crippen LogP contribution in [0.2, 0.25) is 0 Å². The number of carbonyl (C=O) groups is 8. The Balaban J connectivity index is 2.53. The third kappa shape index (κ3) is 14.4. The van der Waals surface area contributed by atoms with E-state index in [0.717, 1.165) is 17.1 Å². The van der Waals surface area contributed by atoms with Gasteiger partial charge in [-0.2, -0.15) is 0 Å². The van der Waals surface area contributed by atoms with E-state index in [1.54, 1.807) is 27.7 Å². The van der Waals surface area contributed by atoms with E-state index in [4.69, 9.17) is 4.74 Å². The van der Waals surface area contributed by atoms with E-state index in [1.807, 2.05) is 13.8 Å². The van der Waals surface area contributed by atoms with Crippen molar-refractivity contribution >= 4 is 47.2 Å². The highest BCUT2D eigenvalue weighted by atomic mass is 16.5. The van der Waals surface area contributed by atoms with Crippen molar-refractivity contribution in [1.29, 1.82) is 0 Å². The Morgan fingerprint density at radius 2 is 1.47 bits per heavy atom. The van der Waals surface area contributed by atoms with Crippen LogP contribution in [0.25, 0.3) is 0 Å². The molecule has 0 aromatic heterocycles. The Kier molecular flexibility index (Phi) is 15.9. The number of ketones is 1. The van der Waals surface area contributed by atoms with Gasteiger partial charge in [-0.25, -0.2) is 4.79 Å². The fraction of sp³-hybridized carbons (Fsp3) is 0.688. The maximum atomic E-state index is 13.0. The highest BCUT2D eigenvalue weighted by molar-refractivity contribution is 6.13. The number of hydrogen-bond donors (Lipinski definition) is 5. The van der Waals surface area contributed by atoms with Gasteiger partial charge in [-0.1, -0.05) is 27.7 Å². The van der Waals surface area contributed by atoms with Gasteiger partial charge < -0.3 is 31.1 Å². The molecule has 1 rings (SSSR count). The highest BCUT2D eigenvalue weighted by Gasteiger charge is 2.33. The van der Waals surface area contributed by atoms with Crippen LogP contribution in [0.3, 0.4) is 0 Å². The number of carboxylic acids is 1. The first-order valence-electron chi connectivity index (χ1n) is 15.7. The van der Waals surface area contributed by atoms with E-state index in [-0.39, 0.29) is 63.0 Å². The molecular weight excluding hydrogens is 614 g/mol. The molecule has 6 amide bonds. The summed E-state index contributed by atoms with van der Waals surface area (Å²) in [6.07, 6.45) is 2.50. The monoisotopic (exact) mass is 665 g/mol. The molecule has 0 fully saturated rings. The van der Waals surface area contributed by atoms with E-state index in [2.05, 4.69) is 21.3 Å². The van der Waals surface area contributed by atoms with Crippen LogP contribution in [-0.2, 0) is 43.1 Å². The molecule has 15 heteroatoms. The minimum atomic E-state index is -1.35. The lowest BCUT2D eigenvalue weighted by molar-refractivity contribution is -0.144. The summed E-state index contributed by atoms with van der Waals surface area (Å²) < 4.78 is 5.95. The first-order chi connectivity index (χ1) is 21.7. The smallest absolute Gasteiger partial charge is 0.326 e. The molecule has 1 aliphatic rings. The average molecular weight is 666 g/mol. The summed E-state index contributed by atoms with van der Waals surface area (Å²) in [5, 5.41) is 20.1. The van der Waals surface area contributed by atoms with Gasteiger partial charge in [0, 0.05) is 50.1 Å². The second kappa shape index (κ2) is 18.3. The topological polar surface area (TPSA) is 217 Å². The maximum absolute atomic E-state index is 13.0. The van der Waals surface area contributed by atoms with Crippen LogP contribution in [-0.4, -0.2) is 101 Å². The predicted molar refractivity (Wildman–Crippen MR) is 170 cm³/mol. The number of amides is 6. The zero-order chi connectivity index (χ0) is 36.1. The molecule has 0 saturated carbocycles. The third-order valence-electron chi connectivity index (χ3n) is 7.84. The number of rotatable bonds is 21. The Morgan fingerprint density at radius 1 is 0.872 bits per heavy atom. The fourth-order valence-corrected chi connectivity index (χ4v) is 4.30. The molecule has 0 aromatic rings. The predicted octanol–water partition coefficient (Wildman–Crippen LogP) is 0.603. The number of carboxylic acid groups (broad SMARTS) is 1. The second-order valence-electron chi connectivity index (χ2n) is 13.3. The number of nitrogens with zero attached hydrogens (tertiary/aromatic N) is 1. The molecular formula is C32H51N5O10. The lowest BCUT2D eigenvalue weighted by Gasteiger charge is -2.30. The zero-order valence-corrected chi connectivity index (χ0v) is 28.7. The average Bonchev–Trinajstić information content (AvgIpc) is 3.27. The van der Waals surface area contributed by atoms with Gasteiger partial charge in [0.1, 0.15) is 12.1 Å².